The van der Waals surface area contributed by atoms with Gasteiger partial charge in [0.1, 0.15) is 18.5 Å². The molecule has 0 aliphatic rings. The van der Waals surface area contributed by atoms with Crippen molar-refractivity contribution in [2.75, 3.05) is 6.61 Å². The Morgan fingerprint density at radius 3 is 2.50 bits per heavy atom. The van der Waals surface area contributed by atoms with Gasteiger partial charge >= 0.3 is 0 Å². The number of aliphatic hydroxyl groups excluding tert-OH is 1. The van der Waals surface area contributed by atoms with Crippen molar-refractivity contribution in [1.82, 2.24) is 9.78 Å². The van der Waals surface area contributed by atoms with Crippen LogP contribution in [0.15, 0.2) is 59.5 Å². The minimum absolute atomic E-state index is 0.0843. The van der Waals surface area contributed by atoms with Crippen molar-refractivity contribution < 1.29 is 9.84 Å². The van der Waals surface area contributed by atoms with Gasteiger partial charge in [-0.15, -0.1) is 0 Å². The van der Waals surface area contributed by atoms with Crippen LogP contribution >= 0.6 is 0 Å². The Morgan fingerprint density at radius 2 is 1.81 bits per heavy atom. The topological polar surface area (TPSA) is 64.3 Å². The maximum Gasteiger partial charge on any atom is 0.274 e. The van der Waals surface area contributed by atoms with Crippen molar-refractivity contribution in [2.45, 2.75) is 38.8 Å². The molecule has 0 aliphatic carbocycles. The van der Waals surface area contributed by atoms with E-state index >= 15 is 0 Å². The lowest BCUT2D eigenvalue weighted by molar-refractivity contribution is 0.0881. The van der Waals surface area contributed by atoms with Gasteiger partial charge in [-0.1, -0.05) is 51.1 Å². The van der Waals surface area contributed by atoms with Crippen LogP contribution in [-0.4, -0.2) is 27.6 Å². The lowest BCUT2D eigenvalue weighted by atomic mass is 9.87. The highest BCUT2D eigenvalue weighted by Gasteiger charge is 2.14. The van der Waals surface area contributed by atoms with Crippen molar-refractivity contribution in [3.63, 3.8) is 0 Å². The van der Waals surface area contributed by atoms with Crippen LogP contribution in [-0.2, 0) is 12.0 Å². The average molecular weight is 352 g/mol. The summed E-state index contributed by atoms with van der Waals surface area (Å²) in [5.41, 5.74) is 1.09. The van der Waals surface area contributed by atoms with Crippen molar-refractivity contribution in [3.8, 4) is 5.75 Å². The normalized spacial score (nSPS) is 12.9. The number of hydrogen-bond acceptors (Lipinski definition) is 4. The molecule has 0 spiro atoms. The van der Waals surface area contributed by atoms with Crippen LogP contribution in [0.25, 0.3) is 10.8 Å². The van der Waals surface area contributed by atoms with Crippen molar-refractivity contribution in [3.05, 3.63) is 70.6 Å². The molecule has 1 heterocycles. The quantitative estimate of drug-likeness (QED) is 0.766. The largest absolute Gasteiger partial charge is 0.491 e. The molecule has 0 radical (unpaired) electrons. The Labute approximate surface area is 152 Å². The van der Waals surface area contributed by atoms with Gasteiger partial charge in [-0.3, -0.25) is 4.79 Å². The first kappa shape index (κ1) is 18.1. The first-order chi connectivity index (χ1) is 12.3. The number of ether oxygens (including phenoxy) is 1. The number of hydrogen-bond donors (Lipinski definition) is 1. The smallest absolute Gasteiger partial charge is 0.274 e. The van der Waals surface area contributed by atoms with Crippen molar-refractivity contribution in [1.29, 1.82) is 0 Å². The molecule has 0 aliphatic heterocycles. The molecule has 2 aromatic carbocycles. The van der Waals surface area contributed by atoms with Crippen LogP contribution in [0.3, 0.4) is 0 Å². The first-order valence-electron chi connectivity index (χ1n) is 8.71. The van der Waals surface area contributed by atoms with E-state index in [-0.39, 0.29) is 24.1 Å². The molecule has 1 atom stereocenters. The van der Waals surface area contributed by atoms with E-state index in [1.165, 1.54) is 10.2 Å². The van der Waals surface area contributed by atoms with Gasteiger partial charge in [-0.2, -0.15) is 5.10 Å². The zero-order valence-electron chi connectivity index (χ0n) is 15.3. The average Bonchev–Trinajstić information content (AvgIpc) is 2.62. The Kier molecular flexibility index (Phi) is 5.09. The number of benzene rings is 2. The number of rotatable bonds is 5. The van der Waals surface area contributed by atoms with Gasteiger partial charge < -0.3 is 9.84 Å². The molecule has 0 unspecified atom stereocenters. The summed E-state index contributed by atoms with van der Waals surface area (Å²) in [5.74, 6) is 0.691. The van der Waals surface area contributed by atoms with E-state index in [0.29, 0.717) is 11.1 Å². The Bertz CT molecular complexity index is 940. The van der Waals surface area contributed by atoms with Crippen LogP contribution in [0.5, 0.6) is 5.75 Å². The molecule has 1 N–H and O–H groups in total. The highest BCUT2D eigenvalue weighted by Crippen LogP contribution is 2.24. The van der Waals surface area contributed by atoms with Gasteiger partial charge in [0.25, 0.3) is 5.56 Å². The second-order valence-electron chi connectivity index (χ2n) is 7.46. The molecule has 1 aromatic heterocycles. The second-order valence-corrected chi connectivity index (χ2v) is 7.46. The predicted octanol–water partition coefficient (Wildman–Crippen LogP) is 3.13. The highest BCUT2D eigenvalue weighted by atomic mass is 16.5. The summed E-state index contributed by atoms with van der Waals surface area (Å²) in [6, 6.07) is 15.1. The molecule has 26 heavy (non-hydrogen) atoms. The molecule has 136 valence electrons. The number of fused-ring (bicyclic) bond motifs is 1. The van der Waals surface area contributed by atoms with E-state index in [1.54, 1.807) is 12.3 Å². The Balaban J connectivity index is 1.63. The zero-order valence-corrected chi connectivity index (χ0v) is 15.3. The van der Waals surface area contributed by atoms with E-state index < -0.39 is 6.10 Å². The van der Waals surface area contributed by atoms with Gasteiger partial charge in [0, 0.05) is 5.39 Å². The van der Waals surface area contributed by atoms with Gasteiger partial charge in [-0.05, 0) is 29.2 Å². The minimum atomic E-state index is -0.830. The molecule has 0 amide bonds. The molecule has 5 nitrogen and oxygen atoms in total. The Hall–Kier alpha value is -2.66. The first-order valence-corrected chi connectivity index (χ1v) is 8.71. The van der Waals surface area contributed by atoms with E-state index in [9.17, 15) is 9.90 Å². The summed E-state index contributed by atoms with van der Waals surface area (Å²) in [7, 11) is 0. The van der Waals surface area contributed by atoms with Gasteiger partial charge in [-0.25, -0.2) is 4.68 Å². The summed E-state index contributed by atoms with van der Waals surface area (Å²) >= 11 is 0. The summed E-state index contributed by atoms with van der Waals surface area (Å²) in [4.78, 5) is 12.4. The fraction of sp³-hybridized carbons (Fsp3) is 0.333. The highest BCUT2D eigenvalue weighted by molar-refractivity contribution is 5.80. The third kappa shape index (κ3) is 4.11. The maximum absolute atomic E-state index is 12.4. The number of aromatic nitrogens is 2. The van der Waals surface area contributed by atoms with Crippen LogP contribution < -0.4 is 10.3 Å². The maximum atomic E-state index is 12.4. The van der Waals surface area contributed by atoms with Gasteiger partial charge in [0.15, 0.2) is 0 Å². The van der Waals surface area contributed by atoms with E-state index in [2.05, 4.69) is 25.9 Å². The predicted molar refractivity (Wildman–Crippen MR) is 103 cm³/mol. The van der Waals surface area contributed by atoms with Crippen LogP contribution in [0.1, 0.15) is 26.3 Å². The zero-order chi connectivity index (χ0) is 18.7. The van der Waals surface area contributed by atoms with Crippen LogP contribution in [0, 0.1) is 0 Å². The molecular formula is C21H24N2O3. The standard InChI is InChI=1S/C21H24N2O3/c1-21(2,3)16-8-10-18(11-9-16)26-14-17(24)13-23-20(25)19-7-5-4-6-15(19)12-22-23/h4-12,17,24H,13-14H2,1-3H3/t17-/m0/s1. The van der Waals surface area contributed by atoms with E-state index in [0.717, 1.165) is 5.39 Å². The monoisotopic (exact) mass is 352 g/mol. The molecule has 5 heteroatoms. The fourth-order valence-electron chi connectivity index (χ4n) is 2.75. The number of aliphatic hydroxyl groups is 1. The van der Waals surface area contributed by atoms with Crippen molar-refractivity contribution in [2.24, 2.45) is 0 Å². The minimum Gasteiger partial charge on any atom is -0.491 e. The molecule has 0 saturated carbocycles. The molecule has 0 fully saturated rings. The molecular weight excluding hydrogens is 328 g/mol. The molecule has 0 bridgehead atoms. The number of nitrogens with zero attached hydrogens (tertiary/aromatic N) is 2. The van der Waals surface area contributed by atoms with E-state index in [4.69, 9.17) is 4.74 Å². The fourth-order valence-corrected chi connectivity index (χ4v) is 2.75. The molecule has 3 rings (SSSR count). The summed E-state index contributed by atoms with van der Waals surface area (Å²) in [6.45, 7) is 6.64. The van der Waals surface area contributed by atoms with Gasteiger partial charge in [0.05, 0.1) is 18.1 Å². The van der Waals surface area contributed by atoms with Crippen molar-refractivity contribution >= 4 is 10.8 Å². The van der Waals surface area contributed by atoms with Crippen LogP contribution in [0.2, 0.25) is 0 Å². The molecule has 0 saturated heterocycles. The SMILES string of the molecule is CC(C)(C)c1ccc(OC[C@@H](O)Cn2ncc3ccccc3c2=O)cc1. The van der Waals surface area contributed by atoms with Gasteiger partial charge in [0.2, 0.25) is 0 Å². The summed E-state index contributed by atoms with van der Waals surface area (Å²) < 4.78 is 6.92. The molecule has 3 aromatic rings. The second kappa shape index (κ2) is 7.30. The van der Waals surface area contributed by atoms with E-state index in [1.807, 2.05) is 42.5 Å². The third-order valence-corrected chi connectivity index (χ3v) is 4.31. The summed E-state index contributed by atoms with van der Waals surface area (Å²) in [5, 5.41) is 15.7. The van der Waals surface area contributed by atoms with Crippen LogP contribution in [0.4, 0.5) is 0 Å². The lowest BCUT2D eigenvalue weighted by Gasteiger charge is -2.19. The Morgan fingerprint density at radius 1 is 1.12 bits per heavy atom. The third-order valence-electron chi connectivity index (χ3n) is 4.31. The summed E-state index contributed by atoms with van der Waals surface area (Å²) in [6.07, 6.45) is 0.805. The lowest BCUT2D eigenvalue weighted by Crippen LogP contribution is -2.31.